The van der Waals surface area contributed by atoms with Gasteiger partial charge in [-0.25, -0.2) is 18.7 Å². The molecule has 0 spiro atoms. The predicted octanol–water partition coefficient (Wildman–Crippen LogP) is 2.22. The zero-order valence-corrected chi connectivity index (χ0v) is 16.1. The molecule has 3 heterocycles. The molecule has 150 valence electrons. The highest BCUT2D eigenvalue weighted by Gasteiger charge is 2.21. The summed E-state index contributed by atoms with van der Waals surface area (Å²) < 4.78 is 31.9. The third-order valence-corrected chi connectivity index (χ3v) is 5.23. The Morgan fingerprint density at radius 1 is 0.857 bits per heavy atom. The van der Waals surface area contributed by atoms with E-state index in [0.717, 1.165) is 75.5 Å². The molecule has 8 heteroatoms. The van der Waals surface area contributed by atoms with Crippen molar-refractivity contribution in [3.63, 3.8) is 0 Å². The highest BCUT2D eigenvalue weighted by molar-refractivity contribution is 5.51. The zero-order valence-electron chi connectivity index (χ0n) is 16.1. The molecular formula is C20H25F2N5O. The maximum atomic E-state index is 13.4. The fourth-order valence-electron chi connectivity index (χ4n) is 3.68. The first-order valence-electron chi connectivity index (χ1n) is 9.68. The van der Waals surface area contributed by atoms with E-state index in [2.05, 4.69) is 30.7 Å². The van der Waals surface area contributed by atoms with Gasteiger partial charge in [0.25, 0.3) is 0 Å². The molecule has 1 aromatic heterocycles. The fourth-order valence-corrected chi connectivity index (χ4v) is 3.68. The number of aromatic nitrogens is 2. The van der Waals surface area contributed by atoms with Crippen molar-refractivity contribution in [1.82, 2.24) is 14.9 Å². The summed E-state index contributed by atoms with van der Waals surface area (Å²) in [6.07, 6.45) is 0. The van der Waals surface area contributed by atoms with Crippen LogP contribution in [0.4, 0.5) is 20.4 Å². The van der Waals surface area contributed by atoms with Crippen LogP contribution in [-0.2, 0) is 11.3 Å². The van der Waals surface area contributed by atoms with Crippen LogP contribution in [0.1, 0.15) is 11.4 Å². The van der Waals surface area contributed by atoms with Crippen LogP contribution in [-0.4, -0.2) is 67.4 Å². The monoisotopic (exact) mass is 389 g/mol. The summed E-state index contributed by atoms with van der Waals surface area (Å²) in [4.78, 5) is 16.0. The highest BCUT2D eigenvalue weighted by atomic mass is 19.2. The molecule has 0 amide bonds. The summed E-state index contributed by atoms with van der Waals surface area (Å²) in [5, 5.41) is 0. The Labute approximate surface area is 163 Å². The number of rotatable bonds is 4. The maximum absolute atomic E-state index is 13.4. The van der Waals surface area contributed by atoms with Crippen molar-refractivity contribution in [3.05, 3.63) is 47.3 Å². The van der Waals surface area contributed by atoms with Crippen LogP contribution in [0.2, 0.25) is 0 Å². The minimum absolute atomic E-state index is 0.618. The van der Waals surface area contributed by atoms with Gasteiger partial charge >= 0.3 is 0 Å². The van der Waals surface area contributed by atoms with Gasteiger partial charge in [-0.15, -0.1) is 0 Å². The summed E-state index contributed by atoms with van der Waals surface area (Å²) in [5.74, 6) is 1.08. The van der Waals surface area contributed by atoms with E-state index in [1.807, 2.05) is 6.92 Å². The van der Waals surface area contributed by atoms with Gasteiger partial charge in [0.2, 0.25) is 0 Å². The average Bonchev–Trinajstić information content (AvgIpc) is 2.71. The van der Waals surface area contributed by atoms with Crippen LogP contribution in [0, 0.1) is 18.6 Å². The number of anilines is 2. The van der Waals surface area contributed by atoms with Gasteiger partial charge in [0.15, 0.2) is 11.6 Å². The summed E-state index contributed by atoms with van der Waals surface area (Å²) in [5.41, 5.74) is 0.792. The standard InChI is InChI=1S/C20H25F2N5O/c1-15-23-19(13-20(24-15)27-8-10-28-11-9-27)26-6-4-25(5-7-26)14-16-2-3-17(21)18(22)12-16/h2-3,12-13H,4-11,14H2,1H3. The lowest BCUT2D eigenvalue weighted by Crippen LogP contribution is -2.46. The summed E-state index contributed by atoms with van der Waals surface area (Å²) in [7, 11) is 0. The molecule has 2 aromatic rings. The third-order valence-electron chi connectivity index (χ3n) is 5.23. The Hall–Kier alpha value is -2.32. The van der Waals surface area contributed by atoms with Gasteiger partial charge in [0, 0.05) is 51.9 Å². The molecule has 2 saturated heterocycles. The second-order valence-electron chi connectivity index (χ2n) is 7.24. The van der Waals surface area contributed by atoms with E-state index in [1.165, 1.54) is 12.1 Å². The maximum Gasteiger partial charge on any atom is 0.159 e. The van der Waals surface area contributed by atoms with Crippen LogP contribution < -0.4 is 9.80 Å². The first kappa shape index (κ1) is 19.0. The lowest BCUT2D eigenvalue weighted by atomic mass is 10.2. The average molecular weight is 389 g/mol. The molecule has 2 aliphatic heterocycles. The Morgan fingerprint density at radius 3 is 2.14 bits per heavy atom. The predicted molar refractivity (Wildman–Crippen MR) is 104 cm³/mol. The normalized spacial score (nSPS) is 18.5. The van der Waals surface area contributed by atoms with Gasteiger partial charge in [-0.1, -0.05) is 6.07 Å². The Kier molecular flexibility index (Phi) is 5.68. The van der Waals surface area contributed by atoms with E-state index < -0.39 is 11.6 Å². The number of ether oxygens (including phenoxy) is 1. The van der Waals surface area contributed by atoms with E-state index in [0.29, 0.717) is 6.54 Å². The molecule has 0 aliphatic carbocycles. The van der Waals surface area contributed by atoms with Gasteiger partial charge in [0.05, 0.1) is 13.2 Å². The molecule has 28 heavy (non-hydrogen) atoms. The fraction of sp³-hybridized carbons (Fsp3) is 0.500. The summed E-state index contributed by atoms with van der Waals surface area (Å²) >= 11 is 0. The topological polar surface area (TPSA) is 44.7 Å². The van der Waals surface area contributed by atoms with E-state index in [-0.39, 0.29) is 0 Å². The van der Waals surface area contributed by atoms with Gasteiger partial charge in [-0.05, 0) is 24.6 Å². The third kappa shape index (κ3) is 4.39. The molecule has 0 saturated carbocycles. The Bertz CT molecular complexity index is 820. The molecule has 2 fully saturated rings. The number of hydrogen-bond donors (Lipinski definition) is 0. The van der Waals surface area contributed by atoms with E-state index in [4.69, 9.17) is 4.74 Å². The van der Waals surface area contributed by atoms with Crippen molar-refractivity contribution in [2.75, 3.05) is 62.3 Å². The van der Waals surface area contributed by atoms with Crippen molar-refractivity contribution in [2.45, 2.75) is 13.5 Å². The first-order chi connectivity index (χ1) is 13.6. The number of benzene rings is 1. The lowest BCUT2D eigenvalue weighted by Gasteiger charge is -2.36. The van der Waals surface area contributed by atoms with Crippen LogP contribution in [0.3, 0.4) is 0 Å². The summed E-state index contributed by atoms with van der Waals surface area (Å²) in [6.45, 7) is 9.03. The molecule has 6 nitrogen and oxygen atoms in total. The Balaban J connectivity index is 1.39. The molecular weight excluding hydrogens is 364 g/mol. The number of nitrogens with zero attached hydrogens (tertiary/aromatic N) is 5. The van der Waals surface area contributed by atoms with Crippen molar-refractivity contribution in [3.8, 4) is 0 Å². The van der Waals surface area contributed by atoms with Gasteiger partial charge < -0.3 is 14.5 Å². The number of morpholine rings is 1. The van der Waals surface area contributed by atoms with Crippen molar-refractivity contribution in [1.29, 1.82) is 0 Å². The molecule has 2 aliphatic rings. The van der Waals surface area contributed by atoms with Crippen LogP contribution in [0.25, 0.3) is 0 Å². The van der Waals surface area contributed by atoms with Gasteiger partial charge in [0.1, 0.15) is 17.5 Å². The SMILES string of the molecule is Cc1nc(N2CCOCC2)cc(N2CCN(Cc3ccc(F)c(F)c3)CC2)n1. The Morgan fingerprint density at radius 2 is 1.50 bits per heavy atom. The quantitative estimate of drug-likeness (QED) is 0.799. The van der Waals surface area contributed by atoms with Crippen molar-refractivity contribution >= 4 is 11.6 Å². The first-order valence-corrected chi connectivity index (χ1v) is 9.68. The van der Waals surface area contributed by atoms with E-state index in [9.17, 15) is 8.78 Å². The minimum atomic E-state index is -0.802. The largest absolute Gasteiger partial charge is 0.378 e. The van der Waals surface area contributed by atoms with Crippen LogP contribution >= 0.6 is 0 Å². The number of aryl methyl sites for hydroxylation is 1. The van der Waals surface area contributed by atoms with E-state index in [1.54, 1.807) is 6.07 Å². The van der Waals surface area contributed by atoms with Crippen molar-refractivity contribution in [2.24, 2.45) is 0 Å². The molecule has 0 radical (unpaired) electrons. The van der Waals surface area contributed by atoms with E-state index >= 15 is 0 Å². The smallest absolute Gasteiger partial charge is 0.159 e. The highest BCUT2D eigenvalue weighted by Crippen LogP contribution is 2.22. The van der Waals surface area contributed by atoms with Crippen molar-refractivity contribution < 1.29 is 13.5 Å². The molecule has 0 N–H and O–H groups in total. The molecule has 4 rings (SSSR count). The van der Waals surface area contributed by atoms with Crippen LogP contribution in [0.15, 0.2) is 24.3 Å². The van der Waals surface area contributed by atoms with Gasteiger partial charge in [-0.2, -0.15) is 0 Å². The molecule has 0 atom stereocenters. The van der Waals surface area contributed by atoms with Gasteiger partial charge in [-0.3, -0.25) is 4.90 Å². The number of piperazine rings is 1. The molecule has 0 bridgehead atoms. The van der Waals surface area contributed by atoms with Crippen LogP contribution in [0.5, 0.6) is 0 Å². The minimum Gasteiger partial charge on any atom is -0.378 e. The summed E-state index contributed by atoms with van der Waals surface area (Å²) in [6, 6.07) is 6.18. The second kappa shape index (κ2) is 8.36. The zero-order chi connectivity index (χ0) is 19.5. The lowest BCUT2D eigenvalue weighted by molar-refractivity contribution is 0.122. The molecule has 1 aromatic carbocycles. The number of halogens is 2. The second-order valence-corrected chi connectivity index (χ2v) is 7.24. The molecule has 0 unspecified atom stereocenters. The number of hydrogen-bond acceptors (Lipinski definition) is 6.